The minimum atomic E-state index is -0.700. The van der Waals surface area contributed by atoms with Crippen LogP contribution in [0, 0.1) is 13.8 Å². The summed E-state index contributed by atoms with van der Waals surface area (Å²) < 4.78 is 5.14. The molecule has 0 saturated carbocycles. The maximum absolute atomic E-state index is 12.5. The van der Waals surface area contributed by atoms with E-state index < -0.39 is 24.5 Å². The van der Waals surface area contributed by atoms with E-state index in [0.717, 1.165) is 22.9 Å². The topological polar surface area (TPSA) is 97.4 Å². The number of nitrogens with one attached hydrogen (secondary N) is 2. The normalized spacial score (nSPS) is 11.7. The van der Waals surface area contributed by atoms with E-state index in [1.165, 1.54) is 0 Å². The lowest BCUT2D eigenvalue weighted by molar-refractivity contribution is -0.130. The third-order valence-corrected chi connectivity index (χ3v) is 4.19. The number of ether oxygens (including phenoxy) is 1. The molecule has 1 aromatic heterocycles. The number of hydrogen-bond donors (Lipinski definition) is 2. The van der Waals surface area contributed by atoms with Crippen LogP contribution in [0.3, 0.4) is 0 Å². The molecule has 7 heteroatoms. The molecule has 0 radical (unpaired) electrons. The highest BCUT2D eigenvalue weighted by molar-refractivity contribution is 5.99. The van der Waals surface area contributed by atoms with Crippen LogP contribution in [0.1, 0.15) is 41.9 Å². The van der Waals surface area contributed by atoms with Crippen LogP contribution in [0.25, 0.3) is 10.9 Å². The van der Waals surface area contributed by atoms with Gasteiger partial charge < -0.3 is 15.4 Å². The second kappa shape index (κ2) is 9.12. The molecule has 0 unspecified atom stereocenters. The Balaban J connectivity index is 2.01. The van der Waals surface area contributed by atoms with Crippen molar-refractivity contribution in [3.8, 4) is 0 Å². The van der Waals surface area contributed by atoms with Crippen LogP contribution in [-0.2, 0) is 14.3 Å². The summed E-state index contributed by atoms with van der Waals surface area (Å²) in [4.78, 5) is 40.6. The monoisotopic (exact) mass is 371 g/mol. The van der Waals surface area contributed by atoms with Crippen molar-refractivity contribution in [2.24, 2.45) is 0 Å². The first-order chi connectivity index (χ1) is 12.8. The maximum atomic E-state index is 12.5. The molecule has 27 heavy (non-hydrogen) atoms. The number of benzene rings is 1. The van der Waals surface area contributed by atoms with Crippen LogP contribution in [0.2, 0.25) is 0 Å². The molecule has 2 rings (SSSR count). The summed E-state index contributed by atoms with van der Waals surface area (Å²) in [6.45, 7) is 7.16. The van der Waals surface area contributed by atoms with E-state index in [1.807, 2.05) is 38.1 Å². The van der Waals surface area contributed by atoms with Gasteiger partial charge in [0.1, 0.15) is 6.04 Å². The van der Waals surface area contributed by atoms with E-state index in [4.69, 9.17) is 4.74 Å². The molecule has 2 aromatic rings. The fourth-order valence-electron chi connectivity index (χ4n) is 2.78. The minimum absolute atomic E-state index is 0.276. The number of carbonyl (C=O) groups is 3. The molecule has 2 N–H and O–H groups in total. The van der Waals surface area contributed by atoms with Gasteiger partial charge in [-0.1, -0.05) is 25.1 Å². The summed E-state index contributed by atoms with van der Waals surface area (Å²) >= 11 is 0. The van der Waals surface area contributed by atoms with Gasteiger partial charge in [0.05, 0.1) is 16.8 Å². The quantitative estimate of drug-likeness (QED) is 0.726. The number of rotatable bonds is 7. The number of hydrogen-bond acceptors (Lipinski definition) is 5. The summed E-state index contributed by atoms with van der Waals surface area (Å²) in [5.74, 6) is -1.42. The predicted molar refractivity (Wildman–Crippen MR) is 102 cm³/mol. The number of nitrogens with zero attached hydrogens (tertiary/aromatic N) is 1. The zero-order valence-corrected chi connectivity index (χ0v) is 16.1. The van der Waals surface area contributed by atoms with E-state index in [2.05, 4.69) is 15.6 Å². The van der Waals surface area contributed by atoms with Gasteiger partial charge in [-0.2, -0.15) is 0 Å². The van der Waals surface area contributed by atoms with Crippen molar-refractivity contribution in [1.29, 1.82) is 0 Å². The van der Waals surface area contributed by atoms with Gasteiger partial charge in [0.2, 0.25) is 5.91 Å². The first kappa shape index (κ1) is 20.4. The highest BCUT2D eigenvalue weighted by Gasteiger charge is 2.20. The van der Waals surface area contributed by atoms with E-state index in [0.29, 0.717) is 17.8 Å². The Labute approximate surface area is 158 Å². The Hall–Kier alpha value is -2.96. The first-order valence-corrected chi connectivity index (χ1v) is 8.95. The third kappa shape index (κ3) is 5.03. The van der Waals surface area contributed by atoms with Crippen molar-refractivity contribution in [3.63, 3.8) is 0 Å². The number of para-hydroxylation sites is 1. The van der Waals surface area contributed by atoms with Gasteiger partial charge in [-0.3, -0.25) is 14.6 Å². The van der Waals surface area contributed by atoms with Crippen molar-refractivity contribution in [1.82, 2.24) is 15.6 Å². The van der Waals surface area contributed by atoms with E-state index in [9.17, 15) is 14.4 Å². The van der Waals surface area contributed by atoms with Gasteiger partial charge in [0.25, 0.3) is 5.91 Å². The number of pyridine rings is 1. The largest absolute Gasteiger partial charge is 0.452 e. The molecule has 7 nitrogen and oxygen atoms in total. The van der Waals surface area contributed by atoms with Gasteiger partial charge in [-0.15, -0.1) is 0 Å². The second-order valence-corrected chi connectivity index (χ2v) is 6.37. The average molecular weight is 371 g/mol. The zero-order valence-electron chi connectivity index (χ0n) is 16.1. The molecule has 1 heterocycles. The standard InChI is InChI=1S/C20H25N3O4/c1-5-10-21-19(25)14(4)23-17(24)11-27-20(26)18-12(2)15-8-6-7-9-16(15)22-13(18)3/h6-9,14H,5,10-11H2,1-4H3,(H,21,25)(H,23,24)/t14-/m0/s1. The summed E-state index contributed by atoms with van der Waals surface area (Å²) in [5, 5.41) is 6.06. The molecule has 0 spiro atoms. The summed E-state index contributed by atoms with van der Waals surface area (Å²) in [5.41, 5.74) is 2.46. The molecule has 0 fully saturated rings. The Morgan fingerprint density at radius 2 is 1.89 bits per heavy atom. The highest BCUT2D eigenvalue weighted by Crippen LogP contribution is 2.23. The van der Waals surface area contributed by atoms with E-state index in [1.54, 1.807) is 13.8 Å². The zero-order chi connectivity index (χ0) is 20.0. The number of esters is 1. The Morgan fingerprint density at radius 3 is 2.59 bits per heavy atom. The van der Waals surface area contributed by atoms with Crippen LogP contribution in [0.4, 0.5) is 0 Å². The van der Waals surface area contributed by atoms with Gasteiger partial charge in [-0.05, 0) is 38.8 Å². The minimum Gasteiger partial charge on any atom is -0.452 e. The summed E-state index contributed by atoms with van der Waals surface area (Å²) in [6, 6.07) is 6.82. The molecular weight excluding hydrogens is 346 g/mol. The van der Waals surface area contributed by atoms with Gasteiger partial charge in [0, 0.05) is 11.9 Å². The van der Waals surface area contributed by atoms with Crippen LogP contribution in [-0.4, -0.2) is 42.0 Å². The van der Waals surface area contributed by atoms with Crippen molar-refractivity contribution in [3.05, 3.63) is 41.1 Å². The number of aryl methyl sites for hydroxylation is 2. The van der Waals surface area contributed by atoms with Crippen LogP contribution in [0.5, 0.6) is 0 Å². The molecular formula is C20H25N3O4. The fraction of sp³-hybridized carbons (Fsp3) is 0.400. The smallest absolute Gasteiger partial charge is 0.340 e. The Bertz CT molecular complexity index is 864. The molecule has 2 amide bonds. The molecule has 144 valence electrons. The van der Waals surface area contributed by atoms with Crippen molar-refractivity contribution in [2.45, 2.75) is 40.2 Å². The van der Waals surface area contributed by atoms with Crippen molar-refractivity contribution >= 4 is 28.7 Å². The van der Waals surface area contributed by atoms with Gasteiger partial charge >= 0.3 is 5.97 Å². The third-order valence-electron chi connectivity index (χ3n) is 4.19. The van der Waals surface area contributed by atoms with Crippen LogP contribution in [0.15, 0.2) is 24.3 Å². The van der Waals surface area contributed by atoms with Crippen LogP contribution < -0.4 is 10.6 Å². The van der Waals surface area contributed by atoms with Crippen LogP contribution >= 0.6 is 0 Å². The summed E-state index contributed by atoms with van der Waals surface area (Å²) in [7, 11) is 0. The summed E-state index contributed by atoms with van der Waals surface area (Å²) in [6.07, 6.45) is 0.808. The Morgan fingerprint density at radius 1 is 1.19 bits per heavy atom. The lowest BCUT2D eigenvalue weighted by Crippen LogP contribution is -2.46. The number of aromatic nitrogens is 1. The highest BCUT2D eigenvalue weighted by atomic mass is 16.5. The van der Waals surface area contributed by atoms with E-state index >= 15 is 0 Å². The maximum Gasteiger partial charge on any atom is 0.340 e. The molecule has 0 saturated heterocycles. The average Bonchev–Trinajstić information content (AvgIpc) is 2.64. The molecule has 0 aliphatic rings. The van der Waals surface area contributed by atoms with Gasteiger partial charge in [-0.25, -0.2) is 4.79 Å². The van der Waals surface area contributed by atoms with E-state index in [-0.39, 0.29) is 5.91 Å². The number of carbonyl (C=O) groups excluding carboxylic acids is 3. The predicted octanol–water partition coefficient (Wildman–Crippen LogP) is 2.04. The SMILES string of the molecule is CCCNC(=O)[C@H](C)NC(=O)COC(=O)c1c(C)nc2ccccc2c1C. The fourth-order valence-corrected chi connectivity index (χ4v) is 2.78. The molecule has 1 atom stereocenters. The lowest BCUT2D eigenvalue weighted by atomic mass is 10.0. The lowest BCUT2D eigenvalue weighted by Gasteiger charge is -2.15. The Kier molecular flexibility index (Phi) is 6.87. The molecule has 0 aliphatic carbocycles. The molecule has 0 aliphatic heterocycles. The molecule has 1 aromatic carbocycles. The molecule has 0 bridgehead atoms. The number of amides is 2. The number of fused-ring (bicyclic) bond motifs is 1. The first-order valence-electron chi connectivity index (χ1n) is 8.95. The van der Waals surface area contributed by atoms with Crippen molar-refractivity contribution in [2.75, 3.05) is 13.2 Å². The van der Waals surface area contributed by atoms with Crippen molar-refractivity contribution < 1.29 is 19.1 Å². The van der Waals surface area contributed by atoms with Gasteiger partial charge in [0.15, 0.2) is 6.61 Å². The second-order valence-electron chi connectivity index (χ2n) is 6.37.